The highest BCUT2D eigenvalue weighted by molar-refractivity contribution is 7.98. The van der Waals surface area contributed by atoms with Crippen LogP contribution in [0, 0.1) is 0 Å². The molecule has 0 aliphatic heterocycles. The van der Waals surface area contributed by atoms with Crippen molar-refractivity contribution in [2.75, 3.05) is 12.0 Å². The second kappa shape index (κ2) is 6.55. The maximum atomic E-state index is 11.6. The summed E-state index contributed by atoms with van der Waals surface area (Å²) < 4.78 is 0. The third-order valence-corrected chi connectivity index (χ3v) is 3.32. The Morgan fingerprint density at radius 3 is 2.88 bits per heavy atom. The van der Waals surface area contributed by atoms with Crippen LogP contribution in [0.4, 0.5) is 0 Å². The van der Waals surface area contributed by atoms with E-state index in [0.29, 0.717) is 17.7 Å². The predicted octanol–water partition coefficient (Wildman–Crippen LogP) is 1.68. The van der Waals surface area contributed by atoms with Crippen LogP contribution in [0.25, 0.3) is 0 Å². The number of thiophene rings is 1. The van der Waals surface area contributed by atoms with E-state index >= 15 is 0 Å². The first-order chi connectivity index (χ1) is 7.65. The van der Waals surface area contributed by atoms with Crippen molar-refractivity contribution >= 4 is 35.0 Å². The molecule has 1 aromatic heterocycles. The third kappa shape index (κ3) is 3.86. The number of carbonyl (C=O) groups excluding carboxylic acids is 1. The SMILES string of the molecule is CSCC[C@H](NC(=O)c1ccsc1)C(=O)O. The molecule has 2 N–H and O–H groups in total. The van der Waals surface area contributed by atoms with Crippen molar-refractivity contribution in [1.82, 2.24) is 5.32 Å². The average molecular weight is 259 g/mol. The van der Waals surface area contributed by atoms with Crippen LogP contribution >= 0.6 is 23.1 Å². The normalized spacial score (nSPS) is 12.1. The van der Waals surface area contributed by atoms with Gasteiger partial charge in [0.1, 0.15) is 6.04 Å². The van der Waals surface area contributed by atoms with Crippen LogP contribution in [-0.4, -0.2) is 35.0 Å². The van der Waals surface area contributed by atoms with E-state index in [2.05, 4.69) is 5.32 Å². The fourth-order valence-corrected chi connectivity index (χ4v) is 2.24. The minimum Gasteiger partial charge on any atom is -0.480 e. The molecule has 0 radical (unpaired) electrons. The lowest BCUT2D eigenvalue weighted by molar-refractivity contribution is -0.139. The summed E-state index contributed by atoms with van der Waals surface area (Å²) in [6.07, 6.45) is 2.34. The molecule has 1 atom stereocenters. The highest BCUT2D eigenvalue weighted by Crippen LogP contribution is 2.07. The summed E-state index contributed by atoms with van der Waals surface area (Å²) in [6.45, 7) is 0. The van der Waals surface area contributed by atoms with Gasteiger partial charge in [-0.05, 0) is 29.9 Å². The largest absolute Gasteiger partial charge is 0.480 e. The molecule has 1 rings (SSSR count). The van der Waals surface area contributed by atoms with Crippen molar-refractivity contribution < 1.29 is 14.7 Å². The first kappa shape index (κ1) is 13.1. The van der Waals surface area contributed by atoms with E-state index in [9.17, 15) is 9.59 Å². The van der Waals surface area contributed by atoms with E-state index in [4.69, 9.17) is 5.11 Å². The Kier molecular flexibility index (Phi) is 5.34. The van der Waals surface area contributed by atoms with Gasteiger partial charge < -0.3 is 10.4 Å². The van der Waals surface area contributed by atoms with Gasteiger partial charge in [0.2, 0.25) is 0 Å². The monoisotopic (exact) mass is 259 g/mol. The molecule has 0 unspecified atom stereocenters. The van der Waals surface area contributed by atoms with Crippen LogP contribution in [-0.2, 0) is 4.79 Å². The van der Waals surface area contributed by atoms with E-state index < -0.39 is 12.0 Å². The Morgan fingerprint density at radius 1 is 1.62 bits per heavy atom. The fraction of sp³-hybridized carbons (Fsp3) is 0.400. The van der Waals surface area contributed by atoms with Gasteiger partial charge in [0.15, 0.2) is 0 Å². The standard InChI is InChI=1S/C10H13NO3S2/c1-15-4-3-8(10(13)14)11-9(12)7-2-5-16-6-7/h2,5-6,8H,3-4H2,1H3,(H,11,12)(H,13,14)/t8-/m0/s1. The molecular formula is C10H13NO3S2. The van der Waals surface area contributed by atoms with E-state index in [-0.39, 0.29) is 5.91 Å². The summed E-state index contributed by atoms with van der Waals surface area (Å²) in [5, 5.41) is 14.9. The summed E-state index contributed by atoms with van der Waals surface area (Å²) in [5.41, 5.74) is 0.514. The lowest BCUT2D eigenvalue weighted by atomic mass is 10.2. The molecular weight excluding hydrogens is 246 g/mol. The van der Waals surface area contributed by atoms with Crippen molar-refractivity contribution in [1.29, 1.82) is 0 Å². The minimum atomic E-state index is -0.988. The molecule has 0 aliphatic rings. The molecule has 0 fully saturated rings. The van der Waals surface area contributed by atoms with Gasteiger partial charge in [-0.25, -0.2) is 4.79 Å². The van der Waals surface area contributed by atoms with E-state index in [0.717, 1.165) is 0 Å². The molecule has 1 amide bonds. The van der Waals surface area contributed by atoms with Gasteiger partial charge in [-0.3, -0.25) is 4.79 Å². The average Bonchev–Trinajstić information content (AvgIpc) is 2.76. The Bertz CT molecular complexity index is 351. The number of hydrogen-bond donors (Lipinski definition) is 2. The molecule has 0 saturated carbocycles. The van der Waals surface area contributed by atoms with Crippen LogP contribution in [0.15, 0.2) is 16.8 Å². The van der Waals surface area contributed by atoms with Gasteiger partial charge in [-0.2, -0.15) is 23.1 Å². The van der Waals surface area contributed by atoms with Crippen molar-refractivity contribution in [2.24, 2.45) is 0 Å². The van der Waals surface area contributed by atoms with Crippen LogP contribution in [0.2, 0.25) is 0 Å². The lowest BCUT2D eigenvalue weighted by Gasteiger charge is -2.13. The van der Waals surface area contributed by atoms with Crippen LogP contribution in [0.3, 0.4) is 0 Å². The number of nitrogens with one attached hydrogen (secondary N) is 1. The summed E-state index contributed by atoms with van der Waals surface area (Å²) in [6, 6.07) is 0.868. The molecule has 0 spiro atoms. The number of hydrogen-bond acceptors (Lipinski definition) is 4. The Morgan fingerprint density at radius 2 is 2.38 bits per heavy atom. The highest BCUT2D eigenvalue weighted by atomic mass is 32.2. The van der Waals surface area contributed by atoms with Crippen molar-refractivity contribution in [3.05, 3.63) is 22.4 Å². The van der Waals surface area contributed by atoms with Gasteiger partial charge in [0.25, 0.3) is 5.91 Å². The first-order valence-corrected chi connectivity index (χ1v) is 7.03. The smallest absolute Gasteiger partial charge is 0.326 e. The van der Waals surface area contributed by atoms with E-state index in [1.165, 1.54) is 11.3 Å². The van der Waals surface area contributed by atoms with Gasteiger partial charge in [-0.1, -0.05) is 0 Å². The quantitative estimate of drug-likeness (QED) is 0.816. The summed E-state index contributed by atoms with van der Waals surface area (Å²) in [5.74, 6) is -0.603. The summed E-state index contributed by atoms with van der Waals surface area (Å²) in [7, 11) is 0. The molecule has 0 aromatic carbocycles. The third-order valence-electron chi connectivity index (χ3n) is 2.00. The zero-order chi connectivity index (χ0) is 12.0. The molecule has 1 aromatic rings. The number of aliphatic carboxylic acids is 1. The number of amides is 1. The Balaban J connectivity index is 2.54. The molecule has 88 valence electrons. The van der Waals surface area contributed by atoms with Crippen molar-refractivity contribution in [3.8, 4) is 0 Å². The predicted molar refractivity (Wildman–Crippen MR) is 66.2 cm³/mol. The van der Waals surface area contributed by atoms with Crippen molar-refractivity contribution in [2.45, 2.75) is 12.5 Å². The van der Waals surface area contributed by atoms with E-state index in [1.54, 1.807) is 28.6 Å². The van der Waals surface area contributed by atoms with Crippen LogP contribution < -0.4 is 5.32 Å². The molecule has 0 aliphatic carbocycles. The minimum absolute atomic E-state index is 0.324. The molecule has 1 heterocycles. The highest BCUT2D eigenvalue weighted by Gasteiger charge is 2.20. The number of carboxylic acid groups (broad SMARTS) is 1. The first-order valence-electron chi connectivity index (χ1n) is 4.70. The van der Waals surface area contributed by atoms with E-state index in [1.807, 2.05) is 6.26 Å². The zero-order valence-corrected chi connectivity index (χ0v) is 10.4. The summed E-state index contributed by atoms with van der Waals surface area (Å²) in [4.78, 5) is 22.5. The fourth-order valence-electron chi connectivity index (χ4n) is 1.13. The number of thioether (sulfide) groups is 1. The summed E-state index contributed by atoms with van der Waals surface area (Å²) >= 11 is 2.97. The maximum absolute atomic E-state index is 11.6. The second-order valence-electron chi connectivity index (χ2n) is 3.16. The second-order valence-corrected chi connectivity index (χ2v) is 4.92. The number of carbonyl (C=O) groups is 2. The molecule has 0 saturated heterocycles. The Labute approximate surface area is 102 Å². The van der Waals surface area contributed by atoms with Crippen LogP contribution in [0.1, 0.15) is 16.8 Å². The molecule has 4 nitrogen and oxygen atoms in total. The molecule has 0 bridgehead atoms. The van der Waals surface area contributed by atoms with Gasteiger partial charge >= 0.3 is 5.97 Å². The van der Waals surface area contributed by atoms with Crippen molar-refractivity contribution in [3.63, 3.8) is 0 Å². The van der Waals surface area contributed by atoms with Gasteiger partial charge in [0, 0.05) is 5.38 Å². The molecule has 6 heteroatoms. The zero-order valence-electron chi connectivity index (χ0n) is 8.80. The topological polar surface area (TPSA) is 66.4 Å². The molecule has 16 heavy (non-hydrogen) atoms. The maximum Gasteiger partial charge on any atom is 0.326 e. The van der Waals surface area contributed by atoms with Gasteiger partial charge in [-0.15, -0.1) is 0 Å². The lowest BCUT2D eigenvalue weighted by Crippen LogP contribution is -2.41. The number of carboxylic acids is 1. The Hall–Kier alpha value is -1.01. The van der Waals surface area contributed by atoms with Crippen LogP contribution in [0.5, 0.6) is 0 Å². The number of rotatable bonds is 6. The van der Waals surface area contributed by atoms with Gasteiger partial charge in [0.05, 0.1) is 5.56 Å².